The summed E-state index contributed by atoms with van der Waals surface area (Å²) in [6.45, 7) is 9.72. The van der Waals surface area contributed by atoms with Gasteiger partial charge in [-0.15, -0.1) is 53.3 Å². The van der Waals surface area contributed by atoms with Gasteiger partial charge in [-0.2, -0.15) is 15.3 Å². The van der Waals surface area contributed by atoms with Crippen LogP contribution < -0.4 is 16.0 Å². The topological polar surface area (TPSA) is 231 Å². The number of nitrogens with zero attached hydrogens (tertiary/aromatic N) is 9. The molecule has 25 heteroatoms. The number of thiophene rings is 3. The van der Waals surface area contributed by atoms with E-state index in [2.05, 4.69) is 52.6 Å². The summed E-state index contributed by atoms with van der Waals surface area (Å²) in [4.78, 5) is 54.1. The van der Waals surface area contributed by atoms with Crippen molar-refractivity contribution in [3.63, 3.8) is 0 Å². The molecule has 3 amide bonds. The van der Waals surface area contributed by atoms with Gasteiger partial charge in [-0.3, -0.25) is 19.2 Å². The Balaban J connectivity index is 0.777. The van der Waals surface area contributed by atoms with E-state index in [1.165, 1.54) is 39.0 Å². The van der Waals surface area contributed by atoms with E-state index in [1.807, 2.05) is 114 Å². The summed E-state index contributed by atoms with van der Waals surface area (Å²) in [5, 5.41) is 43.0. The zero-order valence-electron chi connectivity index (χ0n) is 40.9. The maximum Gasteiger partial charge on any atom is 0.240 e. The molecule has 9 rings (SSSR count). The minimum absolute atomic E-state index is 0.0261. The molecule has 0 aliphatic carbocycles. The molecule has 3 N–H and O–H groups in total. The first kappa shape index (κ1) is 53.1. The molecule has 0 unspecified atom stereocenters. The normalized spacial score (nSPS) is 11.9. The third-order valence-electron chi connectivity index (χ3n) is 11.3. The molecular weight excluding hydrogens is 1090 g/mol. The van der Waals surface area contributed by atoms with Crippen molar-refractivity contribution in [3.05, 3.63) is 119 Å². The number of anilines is 3. The second kappa shape index (κ2) is 22.2. The quantitative estimate of drug-likeness (QED) is 0.0476. The van der Waals surface area contributed by atoms with Gasteiger partial charge < -0.3 is 20.5 Å². The fraction of sp³-hybridized carbons (Fsp3) is 0.200. The van der Waals surface area contributed by atoms with E-state index in [-0.39, 0.29) is 39.6 Å². The van der Waals surface area contributed by atoms with Crippen LogP contribution in [-0.4, -0.2) is 97.8 Å². The van der Waals surface area contributed by atoms with Crippen molar-refractivity contribution in [2.24, 2.45) is 0 Å². The van der Waals surface area contributed by atoms with E-state index in [4.69, 9.17) is 0 Å². The Morgan fingerprint density at radius 1 is 0.613 bits per heavy atom. The molecule has 9 aromatic rings. The maximum absolute atomic E-state index is 13.5. The molecule has 0 saturated heterocycles. The number of carbonyl (C=O) groups excluding carboxylic acids is 4. The summed E-state index contributed by atoms with van der Waals surface area (Å²) in [7, 11) is -3.80. The number of thioether (sulfide) groups is 3. The highest BCUT2D eigenvalue weighted by molar-refractivity contribution is 8.02. The van der Waals surface area contributed by atoms with Crippen LogP contribution >= 0.6 is 69.3 Å². The maximum atomic E-state index is 13.5. The Labute approximate surface area is 456 Å². The number of amides is 3. The van der Waals surface area contributed by atoms with Crippen molar-refractivity contribution in [3.8, 4) is 55.0 Å². The third kappa shape index (κ3) is 12.0. The number of aromatic nitrogens is 9. The summed E-state index contributed by atoms with van der Waals surface area (Å²) in [5.74, 6) is 0.380. The summed E-state index contributed by atoms with van der Waals surface area (Å²) < 4.78 is 28.0. The van der Waals surface area contributed by atoms with Gasteiger partial charge in [-0.25, -0.2) is 13.0 Å². The summed E-state index contributed by atoms with van der Waals surface area (Å²) in [5.41, 5.74) is 5.84. The molecule has 75 heavy (non-hydrogen) atoms. The van der Waals surface area contributed by atoms with Crippen molar-refractivity contribution in [1.29, 1.82) is 0 Å². The highest BCUT2D eigenvalue weighted by atomic mass is 32.2. The van der Waals surface area contributed by atoms with Crippen molar-refractivity contribution >= 4 is 121 Å². The highest BCUT2D eigenvalue weighted by Gasteiger charge is 2.35. The van der Waals surface area contributed by atoms with Crippen LogP contribution in [0.4, 0.5) is 17.1 Å². The minimum atomic E-state index is -3.80. The Morgan fingerprint density at radius 3 is 1.69 bits per heavy atom. The zero-order valence-corrected chi connectivity index (χ0v) is 46.6. The molecule has 18 nitrogen and oxygen atoms in total. The third-order valence-corrected chi connectivity index (χ3v) is 18.3. The van der Waals surface area contributed by atoms with Gasteiger partial charge in [0, 0.05) is 66.2 Å². The van der Waals surface area contributed by atoms with Crippen LogP contribution in [0.1, 0.15) is 34.6 Å². The molecule has 0 spiro atoms. The van der Waals surface area contributed by atoms with Crippen molar-refractivity contribution in [2.75, 3.05) is 28.0 Å². The first-order valence-corrected chi connectivity index (χ1v) is 30.0. The number of hydrogen-bond acceptors (Lipinski definition) is 18. The summed E-state index contributed by atoms with van der Waals surface area (Å²) in [6, 6.07) is 29.8. The summed E-state index contributed by atoms with van der Waals surface area (Å²) in [6.07, 6.45) is 1.69. The van der Waals surface area contributed by atoms with Crippen LogP contribution in [0.3, 0.4) is 0 Å². The Hall–Kier alpha value is -6.74. The fourth-order valence-electron chi connectivity index (χ4n) is 7.33. The molecule has 3 aromatic carbocycles. The smallest absolute Gasteiger partial charge is 0.240 e. The van der Waals surface area contributed by atoms with Crippen LogP contribution in [0, 0.1) is 0 Å². The van der Waals surface area contributed by atoms with Gasteiger partial charge in [0.15, 0.2) is 27.8 Å². The lowest BCUT2D eigenvalue weighted by molar-refractivity contribution is -0.118. The van der Waals surface area contributed by atoms with Crippen LogP contribution in [0.5, 0.6) is 0 Å². The van der Waals surface area contributed by atoms with Gasteiger partial charge in [0.2, 0.25) is 39.3 Å². The number of rotatable bonds is 20. The zero-order chi connectivity index (χ0) is 53.1. The molecular formula is C50H46N12O6S7. The van der Waals surface area contributed by atoms with Crippen molar-refractivity contribution in [1.82, 2.24) is 43.7 Å². The summed E-state index contributed by atoms with van der Waals surface area (Å²) >= 11 is 7.84. The van der Waals surface area contributed by atoms with E-state index in [9.17, 15) is 27.6 Å². The van der Waals surface area contributed by atoms with Crippen LogP contribution in [0.15, 0.2) is 134 Å². The molecule has 0 aliphatic heterocycles. The molecule has 0 atom stereocenters. The Kier molecular flexibility index (Phi) is 15.7. The molecule has 0 fully saturated rings. The molecule has 384 valence electrons. The first-order valence-electron chi connectivity index (χ1n) is 22.8. The van der Waals surface area contributed by atoms with Gasteiger partial charge in [0.1, 0.15) is 0 Å². The van der Waals surface area contributed by atoms with Gasteiger partial charge in [-0.1, -0.05) is 77.8 Å². The Morgan fingerprint density at radius 2 is 1.13 bits per heavy atom. The standard InChI is InChI=1S/C50H46N12O6S7/c1-7-60-41(54-58-47(60)73-49(2,3)44(65)52-35-11-9-8-10-12-35)33-23-38(70-26-33)30-13-17-36(18-14-30)51-40(64)28-72-46-57-55-42(61(46)29-63)34-24-39(71-27-34)31-15-19-37(20-16-31)53-45(66)50(4,5)74-48-59-56-43(32-21-22-69-25-32)62(48)75(6,67)68/h8-27,29H,7,28H2,1-6H3,(H,51,64)(H,52,65)(H,53,66). The van der Waals surface area contributed by atoms with E-state index < -0.39 is 19.5 Å². The van der Waals surface area contributed by atoms with Crippen molar-refractivity contribution < 1.29 is 27.6 Å². The average molecular weight is 1140 g/mol. The lowest BCUT2D eigenvalue weighted by Gasteiger charge is -2.22. The number of hydrogen-bond donors (Lipinski definition) is 3. The number of carbonyl (C=O) groups is 4. The molecule has 0 saturated carbocycles. The molecule has 6 heterocycles. The predicted molar refractivity (Wildman–Crippen MR) is 302 cm³/mol. The molecule has 0 bridgehead atoms. The highest BCUT2D eigenvalue weighted by Crippen LogP contribution is 2.39. The van der Waals surface area contributed by atoms with Crippen LogP contribution in [0.25, 0.3) is 55.0 Å². The van der Waals surface area contributed by atoms with Gasteiger partial charge in [0.05, 0.1) is 21.5 Å². The lowest BCUT2D eigenvalue weighted by Crippen LogP contribution is -2.34. The van der Waals surface area contributed by atoms with E-state index in [1.54, 1.807) is 48.8 Å². The fourth-order valence-corrected chi connectivity index (χ4v) is 13.6. The minimum Gasteiger partial charge on any atom is -0.325 e. The number of benzene rings is 3. The molecule has 0 aliphatic rings. The van der Waals surface area contributed by atoms with Crippen molar-refractivity contribution in [2.45, 2.75) is 66.1 Å². The van der Waals surface area contributed by atoms with Gasteiger partial charge >= 0.3 is 0 Å². The first-order chi connectivity index (χ1) is 35.9. The number of para-hydroxylation sites is 1. The SMILES string of the molecule is CCn1c(SC(C)(C)C(=O)Nc2ccccc2)nnc1-c1csc(-c2ccc(NC(=O)CSc3nnc(-c4csc(-c5ccc(NC(=O)C(C)(C)Sc6nnc(-c7ccsc7)n6S(C)(=O)=O)cc5)c4)n3C=O)cc2)c1. The molecule has 0 radical (unpaired) electrons. The largest absolute Gasteiger partial charge is 0.325 e. The van der Waals surface area contributed by atoms with E-state index >= 15 is 0 Å². The molecule has 6 aromatic heterocycles. The lowest BCUT2D eigenvalue weighted by atomic mass is 10.1. The monoisotopic (exact) mass is 1130 g/mol. The predicted octanol–water partition coefficient (Wildman–Crippen LogP) is 10.6. The van der Waals surface area contributed by atoms with Crippen LogP contribution in [0.2, 0.25) is 0 Å². The van der Waals surface area contributed by atoms with Crippen LogP contribution in [-0.2, 0) is 35.7 Å². The second-order valence-corrected chi connectivity index (χ2v) is 26.1. The van der Waals surface area contributed by atoms with E-state index in [0.29, 0.717) is 52.3 Å². The number of nitrogens with one attached hydrogen (secondary N) is 3. The van der Waals surface area contributed by atoms with E-state index in [0.717, 1.165) is 65.9 Å². The van der Waals surface area contributed by atoms with Gasteiger partial charge in [-0.05, 0) is 106 Å². The average Bonchev–Trinajstić information content (AvgIpc) is 4.26. The second-order valence-electron chi connectivity index (χ2n) is 17.6. The van der Waals surface area contributed by atoms with Gasteiger partial charge in [0.25, 0.3) is 0 Å². The Bertz CT molecular complexity index is 3640.